The summed E-state index contributed by atoms with van der Waals surface area (Å²) in [5.41, 5.74) is -0.276. The number of phenols is 1. The van der Waals surface area contributed by atoms with E-state index in [0.717, 1.165) is 19.2 Å². The van der Waals surface area contributed by atoms with Gasteiger partial charge in [0.2, 0.25) is 0 Å². The van der Waals surface area contributed by atoms with Crippen molar-refractivity contribution in [1.29, 1.82) is 0 Å². The Morgan fingerprint density at radius 1 is 1.43 bits per heavy atom. The van der Waals surface area contributed by atoms with Crippen LogP contribution in [0.5, 0.6) is 11.5 Å². The van der Waals surface area contributed by atoms with Gasteiger partial charge in [0.1, 0.15) is 5.82 Å². The van der Waals surface area contributed by atoms with E-state index in [2.05, 4.69) is 4.74 Å². The molecule has 5 heteroatoms. The van der Waals surface area contributed by atoms with Gasteiger partial charge in [-0.1, -0.05) is 0 Å². The molecule has 0 saturated heterocycles. The molecule has 0 aliphatic rings. The molecule has 0 amide bonds. The Morgan fingerprint density at radius 3 is 2.57 bits per heavy atom. The summed E-state index contributed by atoms with van der Waals surface area (Å²) in [5.74, 6) is -2.01. The summed E-state index contributed by atoms with van der Waals surface area (Å²) in [5, 5.41) is 9.15. The number of aromatic hydroxyl groups is 1. The number of rotatable bonds is 2. The van der Waals surface area contributed by atoms with Crippen molar-refractivity contribution in [2.75, 3.05) is 14.2 Å². The molecule has 0 bridgehead atoms. The van der Waals surface area contributed by atoms with Crippen molar-refractivity contribution in [2.24, 2.45) is 0 Å². The van der Waals surface area contributed by atoms with Gasteiger partial charge in [0.25, 0.3) is 0 Å². The molecular weight excluding hydrogens is 191 g/mol. The van der Waals surface area contributed by atoms with E-state index in [4.69, 9.17) is 9.84 Å². The third-order valence-corrected chi connectivity index (χ3v) is 1.67. The zero-order valence-corrected chi connectivity index (χ0v) is 7.70. The maximum absolute atomic E-state index is 13.1. The van der Waals surface area contributed by atoms with Crippen molar-refractivity contribution in [3.8, 4) is 11.5 Å². The number of methoxy groups -OCH3 is 2. The molecule has 0 aliphatic carbocycles. The van der Waals surface area contributed by atoms with Crippen LogP contribution in [-0.4, -0.2) is 25.3 Å². The lowest BCUT2D eigenvalue weighted by Crippen LogP contribution is -2.04. The molecule has 1 rings (SSSR count). The van der Waals surface area contributed by atoms with Crippen LogP contribution < -0.4 is 4.74 Å². The lowest BCUT2D eigenvalue weighted by molar-refractivity contribution is 0.0595. The lowest BCUT2D eigenvalue weighted by Gasteiger charge is -2.06. The smallest absolute Gasteiger partial charge is 0.340 e. The Balaban J connectivity index is 3.24. The van der Waals surface area contributed by atoms with Gasteiger partial charge >= 0.3 is 5.97 Å². The number of carbonyl (C=O) groups is 1. The fourth-order valence-electron chi connectivity index (χ4n) is 0.973. The highest BCUT2D eigenvalue weighted by Crippen LogP contribution is 2.28. The van der Waals surface area contributed by atoms with Crippen LogP contribution in [0.1, 0.15) is 10.4 Å². The molecule has 1 N–H and O–H groups in total. The molecule has 0 atom stereocenters. The van der Waals surface area contributed by atoms with Crippen LogP contribution in [0, 0.1) is 5.82 Å². The van der Waals surface area contributed by atoms with Crippen LogP contribution in [-0.2, 0) is 4.74 Å². The number of halogens is 1. The molecule has 0 saturated carbocycles. The molecule has 0 radical (unpaired) electrons. The molecule has 0 unspecified atom stereocenters. The van der Waals surface area contributed by atoms with Gasteiger partial charge in [-0.2, -0.15) is 0 Å². The largest absolute Gasteiger partial charge is 0.504 e. The van der Waals surface area contributed by atoms with Crippen LogP contribution in [0.2, 0.25) is 0 Å². The van der Waals surface area contributed by atoms with E-state index in [-0.39, 0.29) is 17.1 Å². The average molecular weight is 200 g/mol. The van der Waals surface area contributed by atoms with Crippen molar-refractivity contribution in [3.63, 3.8) is 0 Å². The lowest BCUT2D eigenvalue weighted by atomic mass is 10.2. The third kappa shape index (κ3) is 1.76. The second-order valence-corrected chi connectivity index (χ2v) is 2.50. The minimum absolute atomic E-state index is 0.0202. The van der Waals surface area contributed by atoms with E-state index in [0.29, 0.717) is 0 Å². The molecule has 0 spiro atoms. The topological polar surface area (TPSA) is 55.8 Å². The van der Waals surface area contributed by atoms with E-state index in [9.17, 15) is 9.18 Å². The zero-order valence-electron chi connectivity index (χ0n) is 7.70. The Kier molecular flexibility index (Phi) is 2.91. The van der Waals surface area contributed by atoms with Crippen LogP contribution >= 0.6 is 0 Å². The van der Waals surface area contributed by atoms with Gasteiger partial charge in [0, 0.05) is 12.1 Å². The monoisotopic (exact) mass is 200 g/mol. The Bertz CT molecular complexity index is 362. The van der Waals surface area contributed by atoms with Crippen LogP contribution in [0.3, 0.4) is 0 Å². The fraction of sp³-hybridized carbons (Fsp3) is 0.222. The molecule has 0 fully saturated rings. The van der Waals surface area contributed by atoms with Crippen molar-refractivity contribution < 1.29 is 23.8 Å². The van der Waals surface area contributed by atoms with Gasteiger partial charge in [-0.15, -0.1) is 0 Å². The third-order valence-electron chi connectivity index (χ3n) is 1.67. The standard InChI is InChI=1S/C9H9FO4/c1-13-8-3-5(9(12)14-2)6(10)4-7(8)11/h3-4,11H,1-2H3. The van der Waals surface area contributed by atoms with Gasteiger partial charge in [-0.3, -0.25) is 0 Å². The predicted octanol–water partition coefficient (Wildman–Crippen LogP) is 1.33. The van der Waals surface area contributed by atoms with Crippen LogP contribution in [0.4, 0.5) is 4.39 Å². The minimum Gasteiger partial charge on any atom is -0.504 e. The number of ether oxygens (including phenoxy) is 2. The van der Waals surface area contributed by atoms with Gasteiger partial charge in [0.05, 0.1) is 19.8 Å². The SMILES string of the molecule is COC(=O)c1cc(OC)c(O)cc1F. The number of hydrogen-bond donors (Lipinski definition) is 1. The Hall–Kier alpha value is -1.78. The van der Waals surface area contributed by atoms with Crippen LogP contribution in [0.15, 0.2) is 12.1 Å². The summed E-state index contributed by atoms with van der Waals surface area (Å²) in [7, 11) is 2.44. The summed E-state index contributed by atoms with van der Waals surface area (Å²) in [6.45, 7) is 0. The number of hydrogen-bond acceptors (Lipinski definition) is 4. The first kappa shape index (κ1) is 10.3. The molecule has 0 heterocycles. The maximum atomic E-state index is 13.1. The maximum Gasteiger partial charge on any atom is 0.340 e. The van der Waals surface area contributed by atoms with Crippen molar-refractivity contribution >= 4 is 5.97 Å². The van der Waals surface area contributed by atoms with Crippen molar-refractivity contribution in [1.82, 2.24) is 0 Å². The highest BCUT2D eigenvalue weighted by Gasteiger charge is 2.16. The Labute approximate surface area is 79.9 Å². The highest BCUT2D eigenvalue weighted by atomic mass is 19.1. The van der Waals surface area contributed by atoms with Gasteiger partial charge in [0.15, 0.2) is 11.5 Å². The first-order valence-electron chi connectivity index (χ1n) is 3.75. The first-order chi connectivity index (χ1) is 6.60. The molecule has 1 aromatic carbocycles. The van der Waals surface area contributed by atoms with Gasteiger partial charge in [-0.25, -0.2) is 9.18 Å². The van der Waals surface area contributed by atoms with Gasteiger partial charge in [-0.05, 0) is 0 Å². The second-order valence-electron chi connectivity index (χ2n) is 2.50. The normalized spacial score (nSPS) is 9.64. The van der Waals surface area contributed by atoms with E-state index >= 15 is 0 Å². The van der Waals surface area contributed by atoms with Crippen molar-refractivity contribution in [3.05, 3.63) is 23.5 Å². The number of carbonyl (C=O) groups excluding carboxylic acids is 1. The molecule has 14 heavy (non-hydrogen) atoms. The summed E-state index contributed by atoms with van der Waals surface area (Å²) in [4.78, 5) is 11.0. The van der Waals surface area contributed by atoms with E-state index in [1.54, 1.807) is 0 Å². The van der Waals surface area contributed by atoms with Gasteiger partial charge < -0.3 is 14.6 Å². The molecule has 4 nitrogen and oxygen atoms in total. The second kappa shape index (κ2) is 3.95. The number of esters is 1. The predicted molar refractivity (Wildman–Crippen MR) is 46.0 cm³/mol. The average Bonchev–Trinajstić information content (AvgIpc) is 2.17. The summed E-state index contributed by atoms with van der Waals surface area (Å²) < 4.78 is 22.1. The van der Waals surface area contributed by atoms with E-state index in [1.807, 2.05) is 0 Å². The summed E-state index contributed by atoms with van der Waals surface area (Å²) in [6, 6.07) is 1.88. The van der Waals surface area contributed by atoms with Crippen LogP contribution in [0.25, 0.3) is 0 Å². The van der Waals surface area contributed by atoms with E-state index < -0.39 is 11.8 Å². The fourth-order valence-corrected chi connectivity index (χ4v) is 0.973. The number of phenolic OH excluding ortho intramolecular Hbond substituents is 1. The number of benzene rings is 1. The molecule has 0 aromatic heterocycles. The molecule has 1 aromatic rings. The summed E-state index contributed by atoms with van der Waals surface area (Å²) >= 11 is 0. The molecular formula is C9H9FO4. The first-order valence-corrected chi connectivity index (χ1v) is 3.75. The minimum atomic E-state index is -0.852. The van der Waals surface area contributed by atoms with E-state index in [1.165, 1.54) is 7.11 Å². The quantitative estimate of drug-likeness (QED) is 0.731. The van der Waals surface area contributed by atoms with Crippen molar-refractivity contribution in [2.45, 2.75) is 0 Å². The summed E-state index contributed by atoms with van der Waals surface area (Å²) in [6.07, 6.45) is 0. The molecule has 0 aliphatic heterocycles. The molecule has 76 valence electrons. The highest BCUT2D eigenvalue weighted by molar-refractivity contribution is 5.90. The zero-order chi connectivity index (χ0) is 10.7. The Morgan fingerprint density at radius 2 is 2.07 bits per heavy atom.